The molecule has 0 aliphatic carbocycles. The largest absolute Gasteiger partial charge is 0.490 e. The highest BCUT2D eigenvalue weighted by molar-refractivity contribution is 5.70. The molecule has 0 amide bonds. The van der Waals surface area contributed by atoms with Gasteiger partial charge in [0.05, 0.1) is 18.0 Å². The molecular weight excluding hydrogens is 276 g/mol. The fourth-order valence-corrected chi connectivity index (χ4v) is 2.65. The van der Waals surface area contributed by atoms with E-state index in [0.717, 1.165) is 5.56 Å². The summed E-state index contributed by atoms with van der Waals surface area (Å²) in [6, 6.07) is 4.86. The topological polar surface area (TPSA) is 92.9 Å². The molecule has 0 radical (unpaired) electrons. The van der Waals surface area contributed by atoms with Crippen LogP contribution in [0.5, 0.6) is 5.75 Å². The van der Waals surface area contributed by atoms with Gasteiger partial charge in [-0.1, -0.05) is 12.1 Å². The first-order valence-corrected chi connectivity index (χ1v) is 6.78. The smallest absolute Gasteiger partial charge is 0.311 e. The van der Waals surface area contributed by atoms with Gasteiger partial charge in [-0.05, 0) is 25.9 Å². The maximum Gasteiger partial charge on any atom is 0.311 e. The van der Waals surface area contributed by atoms with Crippen molar-refractivity contribution in [2.45, 2.75) is 19.4 Å². The summed E-state index contributed by atoms with van der Waals surface area (Å²) in [4.78, 5) is 23.6. The molecule has 7 heteroatoms. The van der Waals surface area contributed by atoms with Gasteiger partial charge in [-0.25, -0.2) is 0 Å². The fourth-order valence-electron chi connectivity index (χ4n) is 2.65. The van der Waals surface area contributed by atoms with Crippen molar-refractivity contribution >= 4 is 11.7 Å². The molecule has 7 nitrogen and oxygen atoms in total. The Morgan fingerprint density at radius 1 is 1.48 bits per heavy atom. The minimum Gasteiger partial charge on any atom is -0.490 e. The molecule has 0 bridgehead atoms. The number of ether oxygens (including phenoxy) is 1. The van der Waals surface area contributed by atoms with E-state index >= 15 is 0 Å². The summed E-state index contributed by atoms with van der Waals surface area (Å²) < 4.78 is 5.18. The summed E-state index contributed by atoms with van der Waals surface area (Å²) in [5.41, 5.74) is 0.705. The Hall–Kier alpha value is -2.15. The Morgan fingerprint density at radius 3 is 2.67 bits per heavy atom. The molecule has 21 heavy (non-hydrogen) atoms. The first-order valence-electron chi connectivity index (χ1n) is 6.78. The summed E-state index contributed by atoms with van der Waals surface area (Å²) >= 11 is 0. The number of piperidine rings is 1. The number of hydrogen-bond acceptors (Lipinski definition) is 5. The molecule has 114 valence electrons. The molecule has 0 atom stereocenters. The number of nitro groups is 1. The van der Waals surface area contributed by atoms with E-state index in [4.69, 9.17) is 9.84 Å². The highest BCUT2D eigenvalue weighted by Crippen LogP contribution is 2.32. The van der Waals surface area contributed by atoms with Crippen LogP contribution < -0.4 is 4.74 Å². The number of benzene rings is 1. The molecule has 1 aromatic carbocycles. The van der Waals surface area contributed by atoms with Gasteiger partial charge in [-0.2, -0.15) is 0 Å². The molecule has 0 unspecified atom stereocenters. The Balaban J connectivity index is 2.09. The lowest BCUT2D eigenvalue weighted by Crippen LogP contribution is -2.35. The van der Waals surface area contributed by atoms with Crippen LogP contribution in [0.4, 0.5) is 5.69 Å². The highest BCUT2D eigenvalue weighted by Gasteiger charge is 2.26. The van der Waals surface area contributed by atoms with Crippen LogP contribution >= 0.6 is 0 Å². The van der Waals surface area contributed by atoms with Gasteiger partial charge in [0.1, 0.15) is 0 Å². The Morgan fingerprint density at radius 2 is 2.14 bits per heavy atom. The van der Waals surface area contributed by atoms with E-state index in [-0.39, 0.29) is 17.4 Å². The molecule has 1 aromatic rings. The molecule has 0 saturated carbocycles. The zero-order chi connectivity index (χ0) is 15.4. The minimum absolute atomic E-state index is 0.0459. The predicted molar refractivity (Wildman–Crippen MR) is 75.3 cm³/mol. The van der Waals surface area contributed by atoms with Crippen molar-refractivity contribution in [1.82, 2.24) is 4.90 Å². The second-order valence-corrected chi connectivity index (χ2v) is 5.12. The number of rotatable bonds is 5. The number of methoxy groups -OCH3 is 1. The van der Waals surface area contributed by atoms with Crippen LogP contribution in [-0.4, -0.2) is 41.1 Å². The van der Waals surface area contributed by atoms with Gasteiger partial charge in [-0.3, -0.25) is 19.8 Å². The van der Waals surface area contributed by atoms with E-state index in [1.54, 1.807) is 12.1 Å². The van der Waals surface area contributed by atoms with Gasteiger partial charge in [-0.15, -0.1) is 0 Å². The number of carboxylic acid groups (broad SMARTS) is 1. The van der Waals surface area contributed by atoms with Crippen molar-refractivity contribution in [1.29, 1.82) is 0 Å². The molecule has 2 rings (SSSR count). The van der Waals surface area contributed by atoms with E-state index in [9.17, 15) is 14.9 Å². The Kier molecular flexibility index (Phi) is 4.74. The minimum atomic E-state index is -0.748. The summed E-state index contributed by atoms with van der Waals surface area (Å²) in [7, 11) is 1.42. The number of hydrogen-bond donors (Lipinski definition) is 1. The summed E-state index contributed by atoms with van der Waals surface area (Å²) in [6.07, 6.45) is 1.21. The van der Waals surface area contributed by atoms with Crippen LogP contribution in [0.1, 0.15) is 18.4 Å². The second kappa shape index (κ2) is 6.53. The first-order chi connectivity index (χ1) is 10.0. The number of carbonyl (C=O) groups is 1. The third-order valence-corrected chi connectivity index (χ3v) is 3.81. The van der Waals surface area contributed by atoms with Crippen molar-refractivity contribution in [2.24, 2.45) is 5.92 Å². The number of nitro benzene ring substituents is 1. The second-order valence-electron chi connectivity index (χ2n) is 5.12. The van der Waals surface area contributed by atoms with Crippen LogP contribution in [0.3, 0.4) is 0 Å². The Labute approximate surface area is 122 Å². The van der Waals surface area contributed by atoms with Crippen molar-refractivity contribution < 1.29 is 19.6 Å². The van der Waals surface area contributed by atoms with E-state index in [1.807, 2.05) is 0 Å². The van der Waals surface area contributed by atoms with Crippen LogP contribution in [0.15, 0.2) is 18.2 Å². The van der Waals surface area contributed by atoms with Crippen molar-refractivity contribution in [3.63, 3.8) is 0 Å². The van der Waals surface area contributed by atoms with Crippen LogP contribution in [0.2, 0.25) is 0 Å². The fraction of sp³-hybridized carbons (Fsp3) is 0.500. The van der Waals surface area contributed by atoms with Gasteiger partial charge in [0.15, 0.2) is 0 Å². The van der Waals surface area contributed by atoms with E-state index < -0.39 is 10.9 Å². The standard InChI is InChI=1S/C14H18N2O5/c1-21-13-11(3-2-4-12(13)16(19)20)9-15-7-5-10(6-8-15)14(17)18/h2-4,10H,5-9H2,1H3,(H,17,18). The molecule has 1 aliphatic rings. The molecule has 1 fully saturated rings. The quantitative estimate of drug-likeness (QED) is 0.658. The molecular formula is C14H18N2O5. The average Bonchev–Trinajstić information content (AvgIpc) is 2.47. The number of likely N-dealkylation sites (tertiary alicyclic amines) is 1. The summed E-state index contributed by atoms with van der Waals surface area (Å²) in [5, 5.41) is 20.0. The van der Waals surface area contributed by atoms with Gasteiger partial charge in [0, 0.05) is 18.2 Å². The third-order valence-electron chi connectivity index (χ3n) is 3.81. The van der Waals surface area contributed by atoms with Crippen molar-refractivity contribution in [3.05, 3.63) is 33.9 Å². The average molecular weight is 294 g/mol. The van der Waals surface area contributed by atoms with Gasteiger partial charge in [0.2, 0.25) is 5.75 Å². The molecule has 1 N–H and O–H groups in total. The van der Waals surface area contributed by atoms with Crippen LogP contribution in [0, 0.1) is 16.0 Å². The van der Waals surface area contributed by atoms with Crippen molar-refractivity contribution in [3.8, 4) is 5.75 Å². The highest BCUT2D eigenvalue weighted by atomic mass is 16.6. The van der Waals surface area contributed by atoms with Gasteiger partial charge in [0.25, 0.3) is 0 Å². The Bertz CT molecular complexity index is 538. The maximum atomic E-state index is 11.0. The van der Waals surface area contributed by atoms with E-state index in [1.165, 1.54) is 13.2 Å². The third kappa shape index (κ3) is 3.49. The summed E-state index contributed by atoms with van der Waals surface area (Å²) in [6.45, 7) is 1.86. The lowest BCUT2D eigenvalue weighted by molar-refractivity contribution is -0.385. The molecule has 1 heterocycles. The molecule has 1 aliphatic heterocycles. The maximum absolute atomic E-state index is 11.0. The molecule has 0 spiro atoms. The monoisotopic (exact) mass is 294 g/mol. The predicted octanol–water partition coefficient (Wildman–Crippen LogP) is 1.90. The normalized spacial score (nSPS) is 16.6. The lowest BCUT2D eigenvalue weighted by atomic mass is 9.96. The number of carboxylic acids is 1. The SMILES string of the molecule is COc1c(CN2CCC(C(=O)O)CC2)cccc1[N+](=O)[O-]. The van der Waals surface area contributed by atoms with E-state index in [0.29, 0.717) is 32.5 Å². The number of aliphatic carboxylic acids is 1. The zero-order valence-corrected chi connectivity index (χ0v) is 11.8. The van der Waals surface area contributed by atoms with Crippen LogP contribution in [0.25, 0.3) is 0 Å². The molecule has 1 saturated heterocycles. The van der Waals surface area contributed by atoms with Crippen LogP contribution in [-0.2, 0) is 11.3 Å². The molecule has 0 aromatic heterocycles. The van der Waals surface area contributed by atoms with E-state index in [2.05, 4.69) is 4.90 Å². The van der Waals surface area contributed by atoms with Gasteiger partial charge >= 0.3 is 11.7 Å². The summed E-state index contributed by atoms with van der Waals surface area (Å²) in [5.74, 6) is -0.751. The number of nitrogens with zero attached hydrogens (tertiary/aromatic N) is 2. The number of para-hydroxylation sites is 1. The van der Waals surface area contributed by atoms with Gasteiger partial charge < -0.3 is 9.84 Å². The lowest BCUT2D eigenvalue weighted by Gasteiger charge is -2.30. The first kappa shape index (κ1) is 15.2. The van der Waals surface area contributed by atoms with Crippen molar-refractivity contribution in [2.75, 3.05) is 20.2 Å². The zero-order valence-electron chi connectivity index (χ0n) is 11.8.